The van der Waals surface area contributed by atoms with Crippen LogP contribution < -0.4 is 5.32 Å². The van der Waals surface area contributed by atoms with Gasteiger partial charge in [-0.05, 0) is 43.0 Å². The predicted molar refractivity (Wildman–Crippen MR) is 98.6 cm³/mol. The van der Waals surface area contributed by atoms with E-state index in [1.54, 1.807) is 18.4 Å². The molecule has 5 heteroatoms. The van der Waals surface area contributed by atoms with Crippen LogP contribution >= 0.6 is 11.3 Å². The highest BCUT2D eigenvalue weighted by Gasteiger charge is 2.14. The molecule has 1 amide bonds. The zero-order valence-electron chi connectivity index (χ0n) is 13.8. The summed E-state index contributed by atoms with van der Waals surface area (Å²) in [6, 6.07) is 9.92. The smallest absolute Gasteiger partial charge is 0.252 e. The van der Waals surface area contributed by atoms with E-state index in [2.05, 4.69) is 5.32 Å². The van der Waals surface area contributed by atoms with E-state index in [1.807, 2.05) is 48.0 Å². The molecule has 3 rings (SSSR count). The Morgan fingerprint density at radius 2 is 2.17 bits per heavy atom. The first-order chi connectivity index (χ1) is 11.7. The predicted octanol–water partition coefficient (Wildman–Crippen LogP) is 4.04. The van der Waals surface area contributed by atoms with Crippen LogP contribution in [0.3, 0.4) is 0 Å². The number of aromatic nitrogens is 1. The fourth-order valence-corrected chi connectivity index (χ4v) is 3.25. The highest BCUT2D eigenvalue weighted by atomic mass is 32.1. The summed E-state index contributed by atoms with van der Waals surface area (Å²) in [6.45, 7) is 3.25. The molecule has 0 aliphatic carbocycles. The Balaban J connectivity index is 2.00. The normalized spacial score (nSPS) is 10.9. The third kappa shape index (κ3) is 3.63. The number of nitrogens with zero attached hydrogens (tertiary/aromatic N) is 1. The molecule has 24 heavy (non-hydrogen) atoms. The average molecular weight is 340 g/mol. The molecular formula is C19H20N2O2S. The second-order valence-corrected chi connectivity index (χ2v) is 6.47. The van der Waals surface area contributed by atoms with Gasteiger partial charge in [0.15, 0.2) is 0 Å². The first kappa shape index (κ1) is 16.6. The average Bonchev–Trinajstić information content (AvgIpc) is 3.12. The number of ether oxygens (including phenoxy) is 1. The van der Waals surface area contributed by atoms with Gasteiger partial charge in [0.1, 0.15) is 0 Å². The highest BCUT2D eigenvalue weighted by molar-refractivity contribution is 7.08. The van der Waals surface area contributed by atoms with Crippen molar-refractivity contribution in [2.45, 2.75) is 13.3 Å². The van der Waals surface area contributed by atoms with Crippen LogP contribution in [0.25, 0.3) is 22.2 Å². The van der Waals surface area contributed by atoms with Crippen molar-refractivity contribution in [2.24, 2.45) is 0 Å². The molecule has 0 fully saturated rings. The number of hydrogen-bond acceptors (Lipinski definition) is 4. The van der Waals surface area contributed by atoms with Crippen molar-refractivity contribution < 1.29 is 9.53 Å². The Kier molecular flexibility index (Phi) is 5.23. The number of rotatable bonds is 6. The second-order valence-electron chi connectivity index (χ2n) is 5.69. The van der Waals surface area contributed by atoms with Gasteiger partial charge in [0.05, 0.1) is 16.8 Å². The Bertz CT molecular complexity index is 844. The number of carbonyl (C=O) groups excluding carboxylic acids is 1. The summed E-state index contributed by atoms with van der Waals surface area (Å²) in [5, 5.41) is 7.92. The Morgan fingerprint density at radius 1 is 1.29 bits per heavy atom. The van der Waals surface area contributed by atoms with Gasteiger partial charge in [-0.3, -0.25) is 4.79 Å². The van der Waals surface area contributed by atoms with Crippen LogP contribution in [0.1, 0.15) is 22.3 Å². The van der Waals surface area contributed by atoms with Crippen LogP contribution in [0.15, 0.2) is 41.1 Å². The maximum atomic E-state index is 12.7. The Morgan fingerprint density at radius 3 is 2.92 bits per heavy atom. The fraction of sp³-hybridized carbons (Fsp3) is 0.263. The lowest BCUT2D eigenvalue weighted by molar-refractivity contribution is 0.0950. The van der Waals surface area contributed by atoms with Gasteiger partial charge in [-0.1, -0.05) is 11.6 Å². The lowest BCUT2D eigenvalue weighted by atomic mass is 10.0. The van der Waals surface area contributed by atoms with Crippen LogP contribution in [0.4, 0.5) is 0 Å². The van der Waals surface area contributed by atoms with Gasteiger partial charge in [-0.2, -0.15) is 11.3 Å². The highest BCUT2D eigenvalue weighted by Crippen LogP contribution is 2.27. The topological polar surface area (TPSA) is 51.2 Å². The molecule has 0 unspecified atom stereocenters. The maximum Gasteiger partial charge on any atom is 0.252 e. The minimum atomic E-state index is -0.0689. The summed E-state index contributed by atoms with van der Waals surface area (Å²) in [7, 11) is 1.66. The lowest BCUT2D eigenvalue weighted by Crippen LogP contribution is -2.25. The SMILES string of the molecule is COCCCNC(=O)c1cc(-c2ccsc2)nc2ccc(C)cc12. The van der Waals surface area contributed by atoms with Crippen LogP contribution in [-0.4, -0.2) is 31.2 Å². The fourth-order valence-electron chi connectivity index (χ4n) is 2.60. The van der Waals surface area contributed by atoms with Crippen molar-refractivity contribution in [1.82, 2.24) is 10.3 Å². The van der Waals surface area contributed by atoms with Gasteiger partial charge in [-0.25, -0.2) is 4.98 Å². The molecule has 0 spiro atoms. The van der Waals surface area contributed by atoms with E-state index in [4.69, 9.17) is 9.72 Å². The molecule has 0 aliphatic heterocycles. The van der Waals surface area contributed by atoms with Crippen molar-refractivity contribution in [2.75, 3.05) is 20.3 Å². The molecule has 2 aromatic heterocycles. The number of fused-ring (bicyclic) bond motifs is 1. The van der Waals surface area contributed by atoms with Crippen LogP contribution in [0.5, 0.6) is 0 Å². The third-order valence-electron chi connectivity index (χ3n) is 3.84. The van der Waals surface area contributed by atoms with E-state index in [0.717, 1.165) is 34.1 Å². The minimum Gasteiger partial charge on any atom is -0.385 e. The Hall–Kier alpha value is -2.24. The third-order valence-corrected chi connectivity index (χ3v) is 4.52. The molecule has 0 saturated heterocycles. The number of aryl methyl sites for hydroxylation is 1. The zero-order chi connectivity index (χ0) is 16.9. The molecule has 1 N–H and O–H groups in total. The van der Waals surface area contributed by atoms with E-state index in [9.17, 15) is 4.79 Å². The molecule has 0 atom stereocenters. The van der Waals surface area contributed by atoms with Crippen molar-refractivity contribution in [1.29, 1.82) is 0 Å². The van der Waals surface area contributed by atoms with Crippen LogP contribution in [0.2, 0.25) is 0 Å². The molecule has 0 aliphatic rings. The molecule has 0 bridgehead atoms. The van der Waals surface area contributed by atoms with Crippen molar-refractivity contribution >= 4 is 28.1 Å². The van der Waals surface area contributed by atoms with Gasteiger partial charge >= 0.3 is 0 Å². The van der Waals surface area contributed by atoms with E-state index >= 15 is 0 Å². The molecule has 124 valence electrons. The largest absolute Gasteiger partial charge is 0.385 e. The maximum absolute atomic E-state index is 12.7. The number of thiophene rings is 1. The van der Waals surface area contributed by atoms with Crippen LogP contribution in [0, 0.1) is 6.92 Å². The summed E-state index contributed by atoms with van der Waals surface area (Å²) in [6.07, 6.45) is 0.793. The Labute approximate surface area is 145 Å². The first-order valence-electron chi connectivity index (χ1n) is 7.90. The molecule has 3 aromatic rings. The summed E-state index contributed by atoms with van der Waals surface area (Å²) in [4.78, 5) is 17.4. The van der Waals surface area contributed by atoms with Crippen molar-refractivity contribution in [3.05, 3.63) is 52.2 Å². The number of methoxy groups -OCH3 is 1. The van der Waals surface area contributed by atoms with E-state index in [-0.39, 0.29) is 5.91 Å². The molecular weight excluding hydrogens is 320 g/mol. The number of nitrogens with one attached hydrogen (secondary N) is 1. The lowest BCUT2D eigenvalue weighted by Gasteiger charge is -2.10. The molecule has 2 heterocycles. The first-order valence-corrected chi connectivity index (χ1v) is 8.84. The van der Waals surface area contributed by atoms with Gasteiger partial charge in [-0.15, -0.1) is 0 Å². The summed E-state index contributed by atoms with van der Waals surface area (Å²) >= 11 is 1.62. The standard InChI is InChI=1S/C19H20N2O2S/c1-13-4-5-17-15(10-13)16(19(22)20-7-3-8-23-2)11-18(21-17)14-6-9-24-12-14/h4-6,9-12H,3,7-8H2,1-2H3,(H,20,22). The van der Waals surface area contributed by atoms with Crippen molar-refractivity contribution in [3.63, 3.8) is 0 Å². The number of hydrogen-bond donors (Lipinski definition) is 1. The number of benzene rings is 1. The van der Waals surface area contributed by atoms with Gasteiger partial charge in [0, 0.05) is 36.6 Å². The van der Waals surface area contributed by atoms with E-state index < -0.39 is 0 Å². The zero-order valence-corrected chi connectivity index (χ0v) is 14.7. The number of carbonyl (C=O) groups is 1. The summed E-state index contributed by atoms with van der Waals surface area (Å²) < 4.78 is 5.02. The number of amides is 1. The quantitative estimate of drug-likeness (QED) is 0.689. The minimum absolute atomic E-state index is 0.0689. The molecule has 0 radical (unpaired) electrons. The molecule has 4 nitrogen and oxygen atoms in total. The molecule has 1 aromatic carbocycles. The monoisotopic (exact) mass is 340 g/mol. The van der Waals surface area contributed by atoms with Crippen molar-refractivity contribution in [3.8, 4) is 11.3 Å². The van der Waals surface area contributed by atoms with Gasteiger partial charge in [0.25, 0.3) is 5.91 Å². The summed E-state index contributed by atoms with van der Waals surface area (Å²) in [5.41, 5.74) is 4.49. The second kappa shape index (κ2) is 7.55. The van der Waals surface area contributed by atoms with E-state index in [1.165, 1.54) is 0 Å². The van der Waals surface area contributed by atoms with Crippen LogP contribution in [-0.2, 0) is 4.74 Å². The van der Waals surface area contributed by atoms with Gasteiger partial charge < -0.3 is 10.1 Å². The summed E-state index contributed by atoms with van der Waals surface area (Å²) in [5.74, 6) is -0.0689. The van der Waals surface area contributed by atoms with E-state index in [0.29, 0.717) is 18.7 Å². The van der Waals surface area contributed by atoms with Gasteiger partial charge in [0.2, 0.25) is 0 Å². The molecule has 0 saturated carbocycles. The number of pyridine rings is 1.